The van der Waals surface area contributed by atoms with Crippen LogP contribution in [0.2, 0.25) is 5.02 Å². The fraction of sp³-hybridized carbons (Fsp3) is 0.455. The molecule has 3 atom stereocenters. The number of hydrogen-bond donors (Lipinski definition) is 0. The van der Waals surface area contributed by atoms with Gasteiger partial charge in [-0.05, 0) is 61.3 Å². The number of likely N-dealkylation sites (N-methyl/N-ethyl adjacent to an activating group) is 1. The Hall–Kier alpha value is -1.03. The molecule has 1 aliphatic heterocycles. The first kappa shape index (κ1) is 21.3. The third-order valence-electron chi connectivity index (χ3n) is 5.25. The van der Waals surface area contributed by atoms with Gasteiger partial charge in [0.25, 0.3) is 0 Å². The predicted octanol–water partition coefficient (Wildman–Crippen LogP) is 7.03. The van der Waals surface area contributed by atoms with Crippen molar-refractivity contribution in [2.24, 2.45) is 0 Å². The van der Waals surface area contributed by atoms with Crippen molar-refractivity contribution in [1.29, 1.82) is 0 Å². The summed E-state index contributed by atoms with van der Waals surface area (Å²) in [5.41, 5.74) is 3.00. The zero-order valence-electron chi connectivity index (χ0n) is 16.4. The van der Waals surface area contributed by atoms with Gasteiger partial charge in [0.05, 0.1) is 20.1 Å². The first-order valence-electron chi connectivity index (χ1n) is 9.10. The first-order chi connectivity index (χ1) is 12.3. The molecule has 0 amide bonds. The van der Waals surface area contributed by atoms with Crippen molar-refractivity contribution in [3.8, 4) is 0 Å². The van der Waals surface area contributed by atoms with Gasteiger partial charge in [-0.2, -0.15) is 0 Å². The van der Waals surface area contributed by atoms with Crippen molar-refractivity contribution in [2.75, 3.05) is 26.4 Å². The number of hydrogen-bond acceptors (Lipinski definition) is 1. The van der Waals surface area contributed by atoms with Gasteiger partial charge in [-0.1, -0.05) is 35.9 Å². The Kier molecular flexibility index (Phi) is 7.57. The second-order valence-corrected chi connectivity index (χ2v) is 8.81. The molecule has 1 aromatic carbocycles. The zero-order chi connectivity index (χ0) is 19.3. The Morgan fingerprint density at radius 2 is 2.19 bits per heavy atom. The van der Waals surface area contributed by atoms with Crippen LogP contribution in [-0.2, 0) is 0 Å². The maximum Gasteiger partial charge on any atom is 0.137 e. The topological polar surface area (TPSA) is 0 Å². The molecule has 0 aromatic heterocycles. The highest BCUT2D eigenvalue weighted by Gasteiger charge is 2.36. The molecule has 4 heteroatoms. The lowest BCUT2D eigenvalue weighted by molar-refractivity contribution is -0.928. The van der Waals surface area contributed by atoms with Crippen LogP contribution in [0.1, 0.15) is 50.5 Å². The molecule has 0 bridgehead atoms. The van der Waals surface area contributed by atoms with Crippen molar-refractivity contribution in [1.82, 2.24) is 0 Å². The van der Waals surface area contributed by atoms with Gasteiger partial charge in [-0.25, -0.2) is 4.39 Å². The summed E-state index contributed by atoms with van der Waals surface area (Å²) in [5, 5.41) is 0.591. The van der Waals surface area contributed by atoms with E-state index in [1.54, 1.807) is 24.8 Å². The van der Waals surface area contributed by atoms with Crippen molar-refractivity contribution in [3.63, 3.8) is 0 Å². The SMILES string of the molecule is CS/C(C)=C/C[N+]1(C)CC/C=C\C=C(/C)C1c1ccc(Cl)cc1C(C)F. The third-order valence-corrected chi connectivity index (χ3v) is 6.29. The molecule has 0 spiro atoms. The second kappa shape index (κ2) is 9.25. The van der Waals surface area contributed by atoms with Crippen LogP contribution in [-0.4, -0.2) is 30.9 Å². The molecule has 2 rings (SSSR count). The van der Waals surface area contributed by atoms with E-state index < -0.39 is 6.17 Å². The number of halogens is 2. The molecule has 0 saturated heterocycles. The van der Waals surface area contributed by atoms with E-state index in [1.807, 2.05) is 12.1 Å². The van der Waals surface area contributed by atoms with Gasteiger partial charge in [0.1, 0.15) is 12.2 Å². The molecule has 0 aliphatic carbocycles. The Morgan fingerprint density at radius 3 is 2.85 bits per heavy atom. The van der Waals surface area contributed by atoms with Crippen molar-refractivity contribution >= 4 is 23.4 Å². The van der Waals surface area contributed by atoms with E-state index in [2.05, 4.69) is 51.5 Å². The number of benzene rings is 1. The number of alkyl halides is 1. The number of allylic oxidation sites excluding steroid dienone is 3. The monoisotopic (exact) mass is 394 g/mol. The summed E-state index contributed by atoms with van der Waals surface area (Å²) in [7, 11) is 2.28. The quantitative estimate of drug-likeness (QED) is 0.483. The van der Waals surface area contributed by atoms with Crippen LogP contribution in [0.4, 0.5) is 4.39 Å². The van der Waals surface area contributed by atoms with Gasteiger partial charge in [0.15, 0.2) is 0 Å². The minimum Gasteiger partial charge on any atom is -0.313 e. The molecule has 1 aromatic rings. The molecule has 0 radical (unpaired) electrons. The van der Waals surface area contributed by atoms with Crippen LogP contribution in [0.3, 0.4) is 0 Å². The summed E-state index contributed by atoms with van der Waals surface area (Å²) in [6.45, 7) is 7.82. The second-order valence-electron chi connectivity index (χ2n) is 7.32. The van der Waals surface area contributed by atoms with E-state index in [0.29, 0.717) is 10.6 Å². The summed E-state index contributed by atoms with van der Waals surface area (Å²) < 4.78 is 15.3. The van der Waals surface area contributed by atoms with E-state index in [9.17, 15) is 4.39 Å². The molecular weight excluding hydrogens is 365 g/mol. The first-order valence-corrected chi connectivity index (χ1v) is 10.7. The summed E-state index contributed by atoms with van der Waals surface area (Å²) in [6.07, 6.45) is 10.9. The summed E-state index contributed by atoms with van der Waals surface area (Å²) >= 11 is 7.95. The number of quaternary nitrogens is 1. The Morgan fingerprint density at radius 1 is 1.46 bits per heavy atom. The van der Waals surface area contributed by atoms with Crippen LogP contribution in [0.5, 0.6) is 0 Å². The number of thioether (sulfide) groups is 1. The van der Waals surface area contributed by atoms with Crippen LogP contribution in [0.15, 0.2) is 53.0 Å². The summed E-state index contributed by atoms with van der Waals surface area (Å²) in [6, 6.07) is 5.80. The van der Waals surface area contributed by atoms with Crippen molar-refractivity contribution in [3.05, 3.63) is 69.1 Å². The number of nitrogens with zero attached hydrogens (tertiary/aromatic N) is 1. The van der Waals surface area contributed by atoms with Crippen LogP contribution < -0.4 is 0 Å². The van der Waals surface area contributed by atoms with E-state index in [4.69, 9.17) is 11.6 Å². The summed E-state index contributed by atoms with van der Waals surface area (Å²) in [4.78, 5) is 1.32. The smallest absolute Gasteiger partial charge is 0.137 e. The average Bonchev–Trinajstić information content (AvgIpc) is 2.59. The molecule has 26 heavy (non-hydrogen) atoms. The molecule has 0 saturated carbocycles. The summed E-state index contributed by atoms with van der Waals surface area (Å²) in [5.74, 6) is 0. The molecule has 1 aliphatic rings. The Labute approximate surface area is 167 Å². The van der Waals surface area contributed by atoms with E-state index in [1.165, 1.54) is 10.5 Å². The largest absolute Gasteiger partial charge is 0.313 e. The highest BCUT2D eigenvalue weighted by Crippen LogP contribution is 2.40. The van der Waals surface area contributed by atoms with Gasteiger partial charge < -0.3 is 4.48 Å². The van der Waals surface area contributed by atoms with E-state index in [-0.39, 0.29) is 6.04 Å². The number of rotatable bonds is 5. The van der Waals surface area contributed by atoms with Gasteiger partial charge in [-0.15, -0.1) is 11.8 Å². The van der Waals surface area contributed by atoms with Gasteiger partial charge in [0.2, 0.25) is 0 Å². The molecule has 0 fully saturated rings. The van der Waals surface area contributed by atoms with Gasteiger partial charge in [0, 0.05) is 17.0 Å². The molecule has 1 heterocycles. The Bertz CT molecular complexity index is 723. The molecule has 142 valence electrons. The van der Waals surface area contributed by atoms with Gasteiger partial charge in [-0.3, -0.25) is 0 Å². The highest BCUT2D eigenvalue weighted by atomic mass is 35.5. The molecular formula is C22H30ClFNS+. The molecule has 1 nitrogen and oxygen atoms in total. The van der Waals surface area contributed by atoms with Crippen LogP contribution in [0.25, 0.3) is 0 Å². The maximum absolute atomic E-state index is 14.4. The van der Waals surface area contributed by atoms with Crippen molar-refractivity contribution < 1.29 is 8.87 Å². The maximum atomic E-state index is 14.4. The average molecular weight is 395 g/mol. The minimum atomic E-state index is -1.05. The minimum absolute atomic E-state index is 0.108. The lowest BCUT2D eigenvalue weighted by atomic mass is 9.89. The lowest BCUT2D eigenvalue weighted by Crippen LogP contribution is -2.49. The van der Waals surface area contributed by atoms with Crippen LogP contribution >= 0.6 is 23.4 Å². The van der Waals surface area contributed by atoms with Crippen LogP contribution in [0, 0.1) is 0 Å². The third kappa shape index (κ3) is 5.03. The normalized spacial score (nSPS) is 28.7. The van der Waals surface area contributed by atoms with Crippen molar-refractivity contribution in [2.45, 2.75) is 39.4 Å². The zero-order valence-corrected chi connectivity index (χ0v) is 18.0. The highest BCUT2D eigenvalue weighted by molar-refractivity contribution is 8.02. The van der Waals surface area contributed by atoms with E-state index >= 15 is 0 Å². The standard InChI is InChI=1S/C22H30ClFNS/c1-16-9-7-6-8-13-25(4,14-12-17(2)26-5)22(16)20-11-10-19(23)15-21(20)18(3)24/h6-7,9-12,15,18,22H,8,13-14H2,1-5H3/q+1/b7-6-,16-9+,17-12+. The Balaban J connectivity index is 2.60. The van der Waals surface area contributed by atoms with E-state index in [0.717, 1.165) is 29.6 Å². The molecule has 3 unspecified atom stereocenters. The fourth-order valence-corrected chi connectivity index (χ4v) is 4.16. The van der Waals surface area contributed by atoms with Gasteiger partial charge >= 0.3 is 0 Å². The predicted molar refractivity (Wildman–Crippen MR) is 114 cm³/mol. The lowest BCUT2D eigenvalue weighted by Gasteiger charge is -2.43. The fourth-order valence-electron chi connectivity index (χ4n) is 3.73. The molecule has 0 N–H and O–H groups in total.